The standard InChI is InChI=1S/C15H15N5O/c16-6-10-1-3-11(4-2-10)7-18-15(21)13-5-12-14(8-17-13)20-9-19-12/h1-4,9,13,17H,5,7-8H2,(H,18,21)(H,19,20). The number of rotatable bonds is 3. The molecule has 1 amide bonds. The fourth-order valence-corrected chi connectivity index (χ4v) is 2.36. The fourth-order valence-electron chi connectivity index (χ4n) is 2.36. The molecule has 1 unspecified atom stereocenters. The monoisotopic (exact) mass is 281 g/mol. The highest BCUT2D eigenvalue weighted by atomic mass is 16.2. The number of amides is 1. The highest BCUT2D eigenvalue weighted by Gasteiger charge is 2.25. The van der Waals surface area contributed by atoms with Gasteiger partial charge in [-0.2, -0.15) is 5.26 Å². The summed E-state index contributed by atoms with van der Waals surface area (Å²) < 4.78 is 0. The summed E-state index contributed by atoms with van der Waals surface area (Å²) in [6.45, 7) is 1.08. The van der Waals surface area contributed by atoms with Crippen LogP contribution in [0.3, 0.4) is 0 Å². The van der Waals surface area contributed by atoms with Gasteiger partial charge in [0.15, 0.2) is 0 Å². The number of nitriles is 1. The van der Waals surface area contributed by atoms with Crippen LogP contribution in [-0.2, 0) is 24.3 Å². The molecule has 1 aliphatic rings. The molecule has 21 heavy (non-hydrogen) atoms. The summed E-state index contributed by atoms with van der Waals surface area (Å²) in [5.41, 5.74) is 3.59. The summed E-state index contributed by atoms with van der Waals surface area (Å²) in [6, 6.07) is 9.00. The molecule has 0 aliphatic carbocycles. The number of imidazole rings is 1. The Labute approximate surface area is 122 Å². The predicted molar refractivity (Wildman–Crippen MR) is 75.9 cm³/mol. The molecule has 106 valence electrons. The first-order valence-corrected chi connectivity index (χ1v) is 6.77. The van der Waals surface area contributed by atoms with Crippen molar-refractivity contribution in [1.29, 1.82) is 5.26 Å². The number of aromatic amines is 1. The van der Waals surface area contributed by atoms with E-state index < -0.39 is 0 Å². The molecule has 1 aromatic heterocycles. The molecule has 6 nitrogen and oxygen atoms in total. The van der Waals surface area contributed by atoms with Gasteiger partial charge in [0.05, 0.1) is 35.4 Å². The summed E-state index contributed by atoms with van der Waals surface area (Å²) in [7, 11) is 0. The zero-order valence-corrected chi connectivity index (χ0v) is 11.4. The Morgan fingerprint density at radius 1 is 1.43 bits per heavy atom. The van der Waals surface area contributed by atoms with E-state index >= 15 is 0 Å². The summed E-state index contributed by atoms with van der Waals surface area (Å²) in [4.78, 5) is 19.4. The second kappa shape index (κ2) is 5.77. The third-order valence-electron chi connectivity index (χ3n) is 3.60. The van der Waals surface area contributed by atoms with Crippen LogP contribution in [0.25, 0.3) is 0 Å². The lowest BCUT2D eigenvalue weighted by Gasteiger charge is -2.22. The summed E-state index contributed by atoms with van der Waals surface area (Å²) in [6.07, 6.45) is 2.25. The maximum Gasteiger partial charge on any atom is 0.237 e. The fraction of sp³-hybridized carbons (Fsp3) is 0.267. The first kappa shape index (κ1) is 13.3. The molecule has 1 aromatic carbocycles. The van der Waals surface area contributed by atoms with Gasteiger partial charge in [-0.25, -0.2) is 4.98 Å². The van der Waals surface area contributed by atoms with Crippen molar-refractivity contribution < 1.29 is 4.79 Å². The summed E-state index contributed by atoms with van der Waals surface area (Å²) in [5, 5.41) is 14.8. The van der Waals surface area contributed by atoms with Crippen LogP contribution in [0.2, 0.25) is 0 Å². The molecule has 0 bridgehead atoms. The first-order chi connectivity index (χ1) is 10.3. The van der Waals surface area contributed by atoms with Crippen molar-refractivity contribution in [3.05, 3.63) is 53.1 Å². The lowest BCUT2D eigenvalue weighted by Crippen LogP contribution is -2.47. The molecule has 0 saturated carbocycles. The van der Waals surface area contributed by atoms with Gasteiger partial charge in [0.2, 0.25) is 5.91 Å². The van der Waals surface area contributed by atoms with Crippen molar-refractivity contribution in [1.82, 2.24) is 20.6 Å². The number of carbonyl (C=O) groups excluding carboxylic acids is 1. The lowest BCUT2D eigenvalue weighted by atomic mass is 10.0. The average Bonchev–Trinajstić information content (AvgIpc) is 3.00. The third-order valence-corrected chi connectivity index (χ3v) is 3.60. The number of benzene rings is 1. The van der Waals surface area contributed by atoms with Crippen LogP contribution in [0, 0.1) is 11.3 Å². The zero-order chi connectivity index (χ0) is 14.7. The lowest BCUT2D eigenvalue weighted by molar-refractivity contribution is -0.123. The summed E-state index contributed by atoms with van der Waals surface area (Å²) in [5.74, 6) is -0.0343. The molecule has 0 spiro atoms. The van der Waals surface area contributed by atoms with Crippen molar-refractivity contribution >= 4 is 5.91 Å². The molecule has 3 rings (SSSR count). The Morgan fingerprint density at radius 2 is 2.24 bits per heavy atom. The minimum atomic E-state index is -0.251. The SMILES string of the molecule is N#Cc1ccc(CNC(=O)C2Cc3nc[nH]c3CN2)cc1. The van der Waals surface area contributed by atoms with Gasteiger partial charge in [-0.3, -0.25) is 10.1 Å². The molecule has 3 N–H and O–H groups in total. The van der Waals surface area contributed by atoms with E-state index in [4.69, 9.17) is 5.26 Å². The number of nitrogens with one attached hydrogen (secondary N) is 3. The topological polar surface area (TPSA) is 93.6 Å². The maximum atomic E-state index is 12.2. The van der Waals surface area contributed by atoms with Gasteiger partial charge in [-0.15, -0.1) is 0 Å². The van der Waals surface area contributed by atoms with Crippen LogP contribution in [0.5, 0.6) is 0 Å². The largest absolute Gasteiger partial charge is 0.351 e. The van der Waals surface area contributed by atoms with Crippen molar-refractivity contribution in [2.45, 2.75) is 25.6 Å². The summed E-state index contributed by atoms with van der Waals surface area (Å²) >= 11 is 0. The van der Waals surface area contributed by atoms with E-state index in [1.807, 2.05) is 12.1 Å². The number of aromatic nitrogens is 2. The molecule has 2 heterocycles. The zero-order valence-electron chi connectivity index (χ0n) is 11.4. The molecule has 0 radical (unpaired) electrons. The van der Waals surface area contributed by atoms with Gasteiger partial charge < -0.3 is 10.3 Å². The van der Waals surface area contributed by atoms with E-state index in [1.165, 1.54) is 0 Å². The van der Waals surface area contributed by atoms with Crippen LogP contribution < -0.4 is 10.6 Å². The van der Waals surface area contributed by atoms with E-state index in [9.17, 15) is 4.79 Å². The molecular formula is C15H15N5O. The number of nitrogens with zero attached hydrogens (tertiary/aromatic N) is 2. The normalized spacial score (nSPS) is 16.8. The molecular weight excluding hydrogens is 266 g/mol. The predicted octanol–water partition coefficient (Wildman–Crippen LogP) is 0.612. The molecule has 0 saturated heterocycles. The van der Waals surface area contributed by atoms with Crippen LogP contribution >= 0.6 is 0 Å². The van der Waals surface area contributed by atoms with E-state index in [2.05, 4.69) is 26.7 Å². The Balaban J connectivity index is 1.56. The van der Waals surface area contributed by atoms with Crippen molar-refractivity contribution in [3.63, 3.8) is 0 Å². The van der Waals surface area contributed by atoms with Crippen molar-refractivity contribution in [2.75, 3.05) is 0 Å². The Bertz CT molecular complexity index is 683. The van der Waals surface area contributed by atoms with Gasteiger partial charge in [-0.1, -0.05) is 12.1 Å². The number of hydrogen-bond donors (Lipinski definition) is 3. The van der Waals surface area contributed by atoms with E-state index in [0.29, 0.717) is 25.1 Å². The van der Waals surface area contributed by atoms with Gasteiger partial charge in [0.25, 0.3) is 0 Å². The second-order valence-electron chi connectivity index (χ2n) is 4.99. The maximum absolute atomic E-state index is 12.2. The van der Waals surface area contributed by atoms with Crippen molar-refractivity contribution in [3.8, 4) is 6.07 Å². The Kier molecular flexibility index (Phi) is 3.67. The highest BCUT2D eigenvalue weighted by Crippen LogP contribution is 2.12. The number of fused-ring (bicyclic) bond motifs is 1. The van der Waals surface area contributed by atoms with E-state index in [0.717, 1.165) is 17.0 Å². The smallest absolute Gasteiger partial charge is 0.237 e. The Morgan fingerprint density at radius 3 is 3.00 bits per heavy atom. The van der Waals surface area contributed by atoms with Crippen LogP contribution in [0.4, 0.5) is 0 Å². The number of H-pyrrole nitrogens is 1. The van der Waals surface area contributed by atoms with Crippen molar-refractivity contribution in [2.24, 2.45) is 0 Å². The molecule has 6 heteroatoms. The number of hydrogen-bond acceptors (Lipinski definition) is 4. The first-order valence-electron chi connectivity index (χ1n) is 6.77. The van der Waals surface area contributed by atoms with Crippen LogP contribution in [0.15, 0.2) is 30.6 Å². The number of carbonyl (C=O) groups is 1. The second-order valence-corrected chi connectivity index (χ2v) is 4.99. The highest BCUT2D eigenvalue weighted by molar-refractivity contribution is 5.82. The van der Waals surface area contributed by atoms with Gasteiger partial charge >= 0.3 is 0 Å². The van der Waals surface area contributed by atoms with Crippen LogP contribution in [0.1, 0.15) is 22.5 Å². The van der Waals surface area contributed by atoms with Crippen LogP contribution in [-0.4, -0.2) is 21.9 Å². The molecule has 1 aliphatic heterocycles. The molecule has 2 aromatic rings. The van der Waals surface area contributed by atoms with Gasteiger partial charge in [0, 0.05) is 19.5 Å². The van der Waals surface area contributed by atoms with Gasteiger partial charge in [0.1, 0.15) is 0 Å². The minimum Gasteiger partial charge on any atom is -0.351 e. The van der Waals surface area contributed by atoms with Gasteiger partial charge in [-0.05, 0) is 17.7 Å². The average molecular weight is 281 g/mol. The van der Waals surface area contributed by atoms with E-state index in [-0.39, 0.29) is 11.9 Å². The molecule has 1 atom stereocenters. The van der Waals surface area contributed by atoms with E-state index in [1.54, 1.807) is 18.5 Å². The minimum absolute atomic E-state index is 0.0343. The quantitative estimate of drug-likeness (QED) is 0.768. The third kappa shape index (κ3) is 2.93. The Hall–Kier alpha value is -2.65. The molecule has 0 fully saturated rings.